The van der Waals surface area contributed by atoms with Gasteiger partial charge in [-0.15, -0.1) is 0 Å². The summed E-state index contributed by atoms with van der Waals surface area (Å²) in [6.45, 7) is 8.05. The van der Waals surface area contributed by atoms with E-state index in [0.29, 0.717) is 16.8 Å². The van der Waals surface area contributed by atoms with E-state index in [2.05, 4.69) is 4.98 Å². The maximum atomic E-state index is 12.6. The second-order valence-electron chi connectivity index (χ2n) is 6.11. The SMILES string of the molecule is CC(=O)c1c(C)[nH]c(C(=O)[C@H](C)OC(=O)c2ccc(C)cc2O)c1C. The number of carbonyl (C=O) groups excluding carboxylic acids is 3. The molecule has 0 aliphatic rings. The Morgan fingerprint density at radius 2 is 1.80 bits per heavy atom. The number of aromatic hydroxyl groups is 1. The molecule has 0 bridgehead atoms. The quantitative estimate of drug-likeness (QED) is 0.641. The highest BCUT2D eigenvalue weighted by Crippen LogP contribution is 2.23. The van der Waals surface area contributed by atoms with Crippen molar-refractivity contribution in [3.05, 3.63) is 51.8 Å². The molecule has 0 saturated carbocycles. The summed E-state index contributed by atoms with van der Waals surface area (Å²) in [6, 6.07) is 4.56. The van der Waals surface area contributed by atoms with Gasteiger partial charge >= 0.3 is 5.97 Å². The fourth-order valence-electron chi connectivity index (χ4n) is 2.82. The average Bonchev–Trinajstić information content (AvgIpc) is 2.80. The van der Waals surface area contributed by atoms with Gasteiger partial charge in [-0.2, -0.15) is 0 Å². The van der Waals surface area contributed by atoms with Crippen LogP contribution in [0.1, 0.15) is 61.9 Å². The third-order valence-electron chi connectivity index (χ3n) is 4.06. The van der Waals surface area contributed by atoms with Crippen LogP contribution in [0, 0.1) is 20.8 Å². The van der Waals surface area contributed by atoms with Gasteiger partial charge in [-0.25, -0.2) is 4.79 Å². The van der Waals surface area contributed by atoms with Crippen molar-refractivity contribution in [3.8, 4) is 5.75 Å². The molecule has 0 saturated heterocycles. The minimum Gasteiger partial charge on any atom is -0.507 e. The van der Waals surface area contributed by atoms with Crippen LogP contribution < -0.4 is 0 Å². The molecule has 0 amide bonds. The zero-order valence-corrected chi connectivity index (χ0v) is 14.9. The van der Waals surface area contributed by atoms with Gasteiger partial charge in [0.25, 0.3) is 0 Å². The molecule has 1 aromatic carbocycles. The number of hydrogen-bond donors (Lipinski definition) is 2. The lowest BCUT2D eigenvalue weighted by Gasteiger charge is -2.13. The molecular weight excluding hydrogens is 322 g/mol. The van der Waals surface area contributed by atoms with Crippen molar-refractivity contribution < 1.29 is 24.2 Å². The highest BCUT2D eigenvalue weighted by molar-refractivity contribution is 6.05. The molecule has 1 atom stereocenters. The average molecular weight is 343 g/mol. The maximum Gasteiger partial charge on any atom is 0.342 e. The molecule has 2 rings (SSSR count). The zero-order chi connectivity index (χ0) is 18.9. The van der Waals surface area contributed by atoms with Gasteiger partial charge in [0.1, 0.15) is 11.3 Å². The molecule has 0 aliphatic carbocycles. The van der Waals surface area contributed by atoms with Crippen LogP contribution in [0.3, 0.4) is 0 Å². The summed E-state index contributed by atoms with van der Waals surface area (Å²) in [6.07, 6.45) is -1.07. The van der Waals surface area contributed by atoms with Gasteiger partial charge in [-0.05, 0) is 57.9 Å². The van der Waals surface area contributed by atoms with Gasteiger partial charge in [0, 0.05) is 11.3 Å². The Morgan fingerprint density at radius 1 is 1.16 bits per heavy atom. The first-order valence-corrected chi connectivity index (χ1v) is 7.88. The van der Waals surface area contributed by atoms with E-state index in [9.17, 15) is 19.5 Å². The molecule has 0 aliphatic heterocycles. The van der Waals surface area contributed by atoms with Crippen LogP contribution >= 0.6 is 0 Å². The van der Waals surface area contributed by atoms with E-state index in [1.807, 2.05) is 0 Å². The van der Waals surface area contributed by atoms with Gasteiger partial charge in [0.15, 0.2) is 11.9 Å². The third kappa shape index (κ3) is 3.63. The second-order valence-corrected chi connectivity index (χ2v) is 6.11. The number of ether oxygens (including phenoxy) is 1. The minimum absolute atomic E-state index is 0.00550. The van der Waals surface area contributed by atoms with Crippen molar-refractivity contribution in [2.45, 2.75) is 40.7 Å². The molecule has 2 aromatic rings. The second kappa shape index (κ2) is 6.93. The Kier molecular flexibility index (Phi) is 5.11. The van der Waals surface area contributed by atoms with Crippen molar-refractivity contribution in [1.82, 2.24) is 4.98 Å². The van der Waals surface area contributed by atoms with Crippen LogP contribution in [0.5, 0.6) is 5.75 Å². The summed E-state index contributed by atoms with van der Waals surface area (Å²) in [5, 5.41) is 9.85. The normalized spacial score (nSPS) is 11.9. The number of phenolic OH excluding ortho intramolecular Hbond substituents is 1. The summed E-state index contributed by atoms with van der Waals surface area (Å²) >= 11 is 0. The maximum absolute atomic E-state index is 12.6. The number of ketones is 2. The van der Waals surface area contributed by atoms with Crippen molar-refractivity contribution in [2.75, 3.05) is 0 Å². The number of benzene rings is 1. The summed E-state index contributed by atoms with van der Waals surface area (Å²) in [7, 11) is 0. The molecular formula is C19H21NO5. The summed E-state index contributed by atoms with van der Waals surface area (Å²) < 4.78 is 5.18. The van der Waals surface area contributed by atoms with Gasteiger partial charge in [0.05, 0.1) is 5.69 Å². The lowest BCUT2D eigenvalue weighted by molar-refractivity contribution is 0.0314. The number of hydrogen-bond acceptors (Lipinski definition) is 5. The number of phenols is 1. The number of aromatic amines is 1. The summed E-state index contributed by atoms with van der Waals surface area (Å²) in [5.41, 5.74) is 2.65. The molecule has 6 heteroatoms. The molecule has 2 N–H and O–H groups in total. The van der Waals surface area contributed by atoms with E-state index in [1.165, 1.54) is 26.0 Å². The summed E-state index contributed by atoms with van der Waals surface area (Å²) in [4.78, 5) is 39.3. The first kappa shape index (κ1) is 18.4. The first-order chi connectivity index (χ1) is 11.6. The number of rotatable bonds is 5. The number of aromatic nitrogens is 1. The Bertz CT molecular complexity index is 863. The molecule has 0 spiro atoms. The fourth-order valence-corrected chi connectivity index (χ4v) is 2.82. The number of Topliss-reactive ketones (excluding diaryl/α,β-unsaturated/α-hetero) is 2. The van der Waals surface area contributed by atoms with E-state index in [0.717, 1.165) is 5.56 Å². The number of carbonyl (C=O) groups is 3. The van der Waals surface area contributed by atoms with E-state index >= 15 is 0 Å². The zero-order valence-electron chi connectivity index (χ0n) is 14.9. The van der Waals surface area contributed by atoms with Crippen molar-refractivity contribution >= 4 is 17.5 Å². The molecule has 1 heterocycles. The van der Waals surface area contributed by atoms with E-state index in [4.69, 9.17) is 4.74 Å². The molecule has 0 unspecified atom stereocenters. The number of H-pyrrole nitrogens is 1. The Morgan fingerprint density at radius 3 is 2.32 bits per heavy atom. The number of nitrogens with one attached hydrogen (secondary N) is 1. The number of esters is 1. The van der Waals surface area contributed by atoms with Crippen molar-refractivity contribution in [3.63, 3.8) is 0 Å². The minimum atomic E-state index is -1.07. The monoisotopic (exact) mass is 343 g/mol. The Balaban J connectivity index is 2.22. The van der Waals surface area contributed by atoms with E-state index < -0.39 is 17.9 Å². The lowest BCUT2D eigenvalue weighted by atomic mass is 10.0. The van der Waals surface area contributed by atoms with Crippen LogP contribution in [0.15, 0.2) is 18.2 Å². The molecule has 0 fully saturated rings. The first-order valence-electron chi connectivity index (χ1n) is 7.88. The van der Waals surface area contributed by atoms with Crippen LogP contribution in [-0.2, 0) is 4.74 Å². The van der Waals surface area contributed by atoms with Gasteiger partial charge in [-0.1, -0.05) is 6.07 Å². The van der Waals surface area contributed by atoms with E-state index in [1.54, 1.807) is 26.8 Å². The van der Waals surface area contributed by atoms with Gasteiger partial charge in [0.2, 0.25) is 5.78 Å². The van der Waals surface area contributed by atoms with Crippen molar-refractivity contribution in [2.24, 2.45) is 0 Å². The highest BCUT2D eigenvalue weighted by atomic mass is 16.5. The highest BCUT2D eigenvalue weighted by Gasteiger charge is 2.27. The largest absolute Gasteiger partial charge is 0.507 e. The topological polar surface area (TPSA) is 96.5 Å². The van der Waals surface area contributed by atoms with Crippen LogP contribution in [0.2, 0.25) is 0 Å². The smallest absolute Gasteiger partial charge is 0.342 e. The third-order valence-corrected chi connectivity index (χ3v) is 4.06. The van der Waals surface area contributed by atoms with Crippen LogP contribution in [-0.4, -0.2) is 33.7 Å². The van der Waals surface area contributed by atoms with Gasteiger partial charge < -0.3 is 14.8 Å². The predicted octanol–water partition coefficient (Wildman–Crippen LogP) is 3.28. The van der Waals surface area contributed by atoms with Crippen LogP contribution in [0.4, 0.5) is 0 Å². The predicted molar refractivity (Wildman–Crippen MR) is 92.3 cm³/mol. The van der Waals surface area contributed by atoms with E-state index in [-0.39, 0.29) is 22.8 Å². The fraction of sp³-hybridized carbons (Fsp3) is 0.316. The summed E-state index contributed by atoms with van der Waals surface area (Å²) in [5.74, 6) is -1.56. The van der Waals surface area contributed by atoms with Crippen LogP contribution in [0.25, 0.3) is 0 Å². The molecule has 132 valence electrons. The Labute approximate surface area is 145 Å². The van der Waals surface area contributed by atoms with Gasteiger partial charge in [-0.3, -0.25) is 9.59 Å². The molecule has 1 aromatic heterocycles. The Hall–Kier alpha value is -2.89. The molecule has 6 nitrogen and oxygen atoms in total. The lowest BCUT2D eigenvalue weighted by Crippen LogP contribution is -2.25. The number of aryl methyl sites for hydroxylation is 2. The van der Waals surface area contributed by atoms with Crippen molar-refractivity contribution in [1.29, 1.82) is 0 Å². The molecule has 25 heavy (non-hydrogen) atoms. The standard InChI is InChI=1S/C19H21NO5/c1-9-6-7-14(15(22)8-9)19(24)25-13(5)18(23)17-10(2)16(12(4)21)11(3)20-17/h6-8,13,20,22H,1-5H3/t13-/m0/s1. The molecule has 0 radical (unpaired) electrons.